The topological polar surface area (TPSA) is 40.5 Å². The van der Waals surface area contributed by atoms with Crippen molar-refractivity contribution >= 4 is 5.78 Å². The Morgan fingerprint density at radius 2 is 1.89 bits per heavy atom. The van der Waals surface area contributed by atoms with Crippen LogP contribution in [0.2, 0.25) is 0 Å². The molecule has 2 aliphatic rings. The minimum Gasteiger partial charge on any atom is -0.396 e. The molecule has 1 aliphatic heterocycles. The minimum absolute atomic E-state index is 0.322. The summed E-state index contributed by atoms with van der Waals surface area (Å²) in [5, 5.41) is 8.77. The first-order valence-corrected chi connectivity index (χ1v) is 8.20. The van der Waals surface area contributed by atoms with Crippen LogP contribution in [0.3, 0.4) is 0 Å². The molecule has 3 nitrogen and oxygen atoms in total. The van der Waals surface area contributed by atoms with Crippen molar-refractivity contribution in [2.24, 2.45) is 5.92 Å². The zero-order valence-electron chi connectivity index (χ0n) is 12.1. The molecule has 0 aromatic carbocycles. The summed E-state index contributed by atoms with van der Waals surface area (Å²) in [5.74, 6) is 0.872. The Morgan fingerprint density at radius 1 is 1.05 bits per heavy atom. The quantitative estimate of drug-likeness (QED) is 0.721. The molecule has 2 unspecified atom stereocenters. The largest absolute Gasteiger partial charge is 0.396 e. The Labute approximate surface area is 117 Å². The molecule has 1 saturated heterocycles. The fourth-order valence-electron chi connectivity index (χ4n) is 3.78. The van der Waals surface area contributed by atoms with Gasteiger partial charge in [0.1, 0.15) is 5.78 Å². The maximum atomic E-state index is 12.1. The van der Waals surface area contributed by atoms with Crippen LogP contribution in [0.5, 0.6) is 0 Å². The van der Waals surface area contributed by atoms with Crippen molar-refractivity contribution in [3.63, 3.8) is 0 Å². The molecule has 0 amide bonds. The van der Waals surface area contributed by atoms with Gasteiger partial charge in [-0.3, -0.25) is 9.69 Å². The predicted octanol–water partition coefficient (Wildman–Crippen LogP) is 2.76. The van der Waals surface area contributed by atoms with E-state index in [9.17, 15) is 4.79 Å². The number of Topliss-reactive ketones (excluding diaryl/α,β-unsaturated/α-hetero) is 1. The summed E-state index contributed by atoms with van der Waals surface area (Å²) < 4.78 is 0. The highest BCUT2D eigenvalue weighted by Crippen LogP contribution is 2.32. The Bertz CT molecular complexity index is 280. The average molecular weight is 267 g/mol. The van der Waals surface area contributed by atoms with Crippen molar-refractivity contribution < 1.29 is 9.90 Å². The third-order valence-corrected chi connectivity index (χ3v) is 4.83. The third kappa shape index (κ3) is 4.28. The van der Waals surface area contributed by atoms with Gasteiger partial charge in [0.05, 0.1) is 0 Å². The lowest BCUT2D eigenvalue weighted by molar-refractivity contribution is -0.126. The molecule has 1 saturated carbocycles. The van der Waals surface area contributed by atoms with Crippen molar-refractivity contribution in [3.05, 3.63) is 0 Å². The number of unbranched alkanes of at least 4 members (excludes halogenated alkanes) is 3. The standard InChI is InChI=1S/C16H29NO2/c18-13-6-2-1-5-11-17-12-7-9-15(17)14-8-3-4-10-16(14)19/h14-15,18H,1-13H2. The van der Waals surface area contributed by atoms with Crippen molar-refractivity contribution in [1.29, 1.82) is 0 Å². The van der Waals surface area contributed by atoms with E-state index in [1.165, 1.54) is 38.6 Å². The van der Waals surface area contributed by atoms with Gasteiger partial charge in [-0.15, -0.1) is 0 Å². The van der Waals surface area contributed by atoms with Crippen molar-refractivity contribution in [3.8, 4) is 0 Å². The molecule has 110 valence electrons. The van der Waals surface area contributed by atoms with Crippen LogP contribution < -0.4 is 0 Å². The fourth-order valence-corrected chi connectivity index (χ4v) is 3.78. The van der Waals surface area contributed by atoms with Gasteiger partial charge in [0, 0.05) is 25.0 Å². The second kappa shape index (κ2) is 8.01. The molecular formula is C16H29NO2. The van der Waals surface area contributed by atoms with Gasteiger partial charge in [-0.1, -0.05) is 19.3 Å². The third-order valence-electron chi connectivity index (χ3n) is 4.83. The van der Waals surface area contributed by atoms with E-state index in [0.29, 0.717) is 24.3 Å². The van der Waals surface area contributed by atoms with Gasteiger partial charge in [-0.2, -0.15) is 0 Å². The van der Waals surface area contributed by atoms with E-state index in [1.54, 1.807) is 0 Å². The van der Waals surface area contributed by atoms with Crippen LogP contribution in [0.1, 0.15) is 64.2 Å². The van der Waals surface area contributed by atoms with Gasteiger partial charge in [0.25, 0.3) is 0 Å². The molecule has 2 atom stereocenters. The second-order valence-corrected chi connectivity index (χ2v) is 6.20. The van der Waals surface area contributed by atoms with Crippen LogP contribution in [-0.4, -0.2) is 41.5 Å². The smallest absolute Gasteiger partial charge is 0.137 e. The molecule has 2 rings (SSSR count). The summed E-state index contributed by atoms with van der Waals surface area (Å²) in [6.07, 6.45) is 11.3. The van der Waals surface area contributed by atoms with Gasteiger partial charge in [0.2, 0.25) is 0 Å². The number of carbonyl (C=O) groups is 1. The van der Waals surface area contributed by atoms with Crippen molar-refractivity contribution in [2.75, 3.05) is 19.7 Å². The Balaban J connectivity index is 1.74. The van der Waals surface area contributed by atoms with Gasteiger partial charge >= 0.3 is 0 Å². The van der Waals surface area contributed by atoms with Crippen LogP contribution in [0.15, 0.2) is 0 Å². The zero-order valence-corrected chi connectivity index (χ0v) is 12.1. The van der Waals surface area contributed by atoms with Gasteiger partial charge < -0.3 is 5.11 Å². The van der Waals surface area contributed by atoms with E-state index in [2.05, 4.69) is 4.90 Å². The monoisotopic (exact) mass is 267 g/mol. The van der Waals surface area contributed by atoms with E-state index in [-0.39, 0.29) is 0 Å². The number of aliphatic hydroxyl groups is 1. The maximum absolute atomic E-state index is 12.1. The first-order chi connectivity index (χ1) is 9.33. The van der Waals surface area contributed by atoms with Crippen molar-refractivity contribution in [2.45, 2.75) is 70.3 Å². The van der Waals surface area contributed by atoms with Crippen LogP contribution >= 0.6 is 0 Å². The number of likely N-dealkylation sites (tertiary alicyclic amines) is 1. The lowest BCUT2D eigenvalue weighted by Gasteiger charge is -2.33. The lowest BCUT2D eigenvalue weighted by atomic mass is 9.82. The number of hydrogen-bond donors (Lipinski definition) is 1. The molecule has 1 N–H and O–H groups in total. The Morgan fingerprint density at radius 3 is 2.68 bits per heavy atom. The molecule has 0 bridgehead atoms. The molecule has 2 fully saturated rings. The van der Waals surface area contributed by atoms with Crippen LogP contribution in [-0.2, 0) is 4.79 Å². The molecular weight excluding hydrogens is 238 g/mol. The van der Waals surface area contributed by atoms with Crippen molar-refractivity contribution in [1.82, 2.24) is 4.90 Å². The number of aliphatic hydroxyl groups excluding tert-OH is 1. The summed E-state index contributed by atoms with van der Waals surface area (Å²) >= 11 is 0. The summed E-state index contributed by atoms with van der Waals surface area (Å²) in [5.41, 5.74) is 0. The highest BCUT2D eigenvalue weighted by molar-refractivity contribution is 5.82. The van der Waals surface area contributed by atoms with E-state index >= 15 is 0 Å². The summed E-state index contributed by atoms with van der Waals surface area (Å²) in [7, 11) is 0. The first kappa shape index (κ1) is 15.0. The summed E-state index contributed by atoms with van der Waals surface area (Å²) in [6.45, 7) is 2.66. The predicted molar refractivity (Wildman–Crippen MR) is 77.1 cm³/mol. The number of ketones is 1. The lowest BCUT2D eigenvalue weighted by Crippen LogP contribution is -2.41. The molecule has 0 radical (unpaired) electrons. The zero-order chi connectivity index (χ0) is 13.5. The first-order valence-electron chi connectivity index (χ1n) is 8.20. The molecule has 1 aliphatic carbocycles. The normalized spacial score (nSPS) is 29.0. The molecule has 0 spiro atoms. The van der Waals surface area contributed by atoms with E-state index in [4.69, 9.17) is 5.11 Å². The number of hydrogen-bond acceptors (Lipinski definition) is 3. The maximum Gasteiger partial charge on any atom is 0.137 e. The average Bonchev–Trinajstić information content (AvgIpc) is 2.87. The van der Waals surface area contributed by atoms with Gasteiger partial charge in [-0.05, 0) is 51.6 Å². The van der Waals surface area contributed by atoms with Crippen LogP contribution in [0.25, 0.3) is 0 Å². The highest BCUT2D eigenvalue weighted by atomic mass is 16.2. The van der Waals surface area contributed by atoms with E-state index in [0.717, 1.165) is 38.6 Å². The van der Waals surface area contributed by atoms with E-state index in [1.807, 2.05) is 0 Å². The number of nitrogens with zero attached hydrogens (tertiary/aromatic N) is 1. The van der Waals surface area contributed by atoms with Gasteiger partial charge in [0.15, 0.2) is 0 Å². The van der Waals surface area contributed by atoms with Crippen LogP contribution in [0.4, 0.5) is 0 Å². The molecule has 3 heteroatoms. The minimum atomic E-state index is 0.322. The summed E-state index contributed by atoms with van der Waals surface area (Å²) in [4.78, 5) is 14.7. The van der Waals surface area contributed by atoms with Gasteiger partial charge in [-0.25, -0.2) is 0 Å². The highest BCUT2D eigenvalue weighted by Gasteiger charge is 2.36. The fraction of sp³-hybridized carbons (Fsp3) is 0.938. The second-order valence-electron chi connectivity index (χ2n) is 6.20. The molecule has 19 heavy (non-hydrogen) atoms. The Kier molecular flexibility index (Phi) is 6.32. The summed E-state index contributed by atoms with van der Waals surface area (Å²) in [6, 6.07) is 0.547. The molecule has 0 aromatic heterocycles. The molecule has 0 aromatic rings. The van der Waals surface area contributed by atoms with Crippen LogP contribution in [0, 0.1) is 5.92 Å². The number of carbonyl (C=O) groups excluding carboxylic acids is 1. The SMILES string of the molecule is O=C1CCCCC1C1CCCN1CCCCCCO. The number of rotatable bonds is 7. The van der Waals surface area contributed by atoms with E-state index < -0.39 is 0 Å². The molecule has 1 heterocycles. The Hall–Kier alpha value is -0.410.